The molecule has 4 N–H and O–H groups in total. The number of carbonyl (C=O) groups is 1. The SMILES string of the molecule is NC1CC(C(=O)O)(c2cccc(O)c2Br)C1. The number of hydrogen-bond donors (Lipinski definition) is 3. The Morgan fingerprint density at radius 3 is 2.62 bits per heavy atom. The molecule has 1 aliphatic carbocycles. The molecule has 4 nitrogen and oxygen atoms in total. The lowest BCUT2D eigenvalue weighted by Gasteiger charge is -2.43. The number of phenols is 1. The molecule has 2 rings (SSSR count). The number of halogens is 1. The van der Waals surface area contributed by atoms with E-state index in [1.54, 1.807) is 12.1 Å². The highest BCUT2D eigenvalue weighted by Crippen LogP contribution is 2.47. The van der Waals surface area contributed by atoms with Gasteiger partial charge in [0.2, 0.25) is 0 Å². The molecule has 0 radical (unpaired) electrons. The minimum atomic E-state index is -0.947. The molecule has 1 fully saturated rings. The van der Waals surface area contributed by atoms with Crippen LogP contribution in [0.2, 0.25) is 0 Å². The highest BCUT2D eigenvalue weighted by molar-refractivity contribution is 9.10. The van der Waals surface area contributed by atoms with Gasteiger partial charge in [0, 0.05) is 6.04 Å². The van der Waals surface area contributed by atoms with E-state index >= 15 is 0 Å². The third-order valence-electron chi connectivity index (χ3n) is 3.12. The van der Waals surface area contributed by atoms with Crippen LogP contribution in [0, 0.1) is 0 Å². The summed E-state index contributed by atoms with van der Waals surface area (Å²) in [5, 5.41) is 18.9. The molecule has 0 heterocycles. The first-order chi connectivity index (χ1) is 7.47. The fourth-order valence-corrected chi connectivity index (χ4v) is 2.88. The second-order valence-electron chi connectivity index (χ2n) is 4.19. The van der Waals surface area contributed by atoms with E-state index in [1.165, 1.54) is 6.07 Å². The van der Waals surface area contributed by atoms with Crippen LogP contribution in [0.5, 0.6) is 5.75 Å². The number of aromatic hydroxyl groups is 1. The summed E-state index contributed by atoms with van der Waals surface area (Å²) in [6.45, 7) is 0. The van der Waals surface area contributed by atoms with Gasteiger partial charge in [-0.2, -0.15) is 0 Å². The maximum atomic E-state index is 11.4. The van der Waals surface area contributed by atoms with Gasteiger partial charge in [-0.1, -0.05) is 12.1 Å². The van der Waals surface area contributed by atoms with E-state index in [1.807, 2.05) is 0 Å². The van der Waals surface area contributed by atoms with E-state index in [9.17, 15) is 15.0 Å². The monoisotopic (exact) mass is 285 g/mol. The zero-order chi connectivity index (χ0) is 11.9. The smallest absolute Gasteiger partial charge is 0.314 e. The van der Waals surface area contributed by atoms with E-state index in [0.717, 1.165) is 0 Å². The summed E-state index contributed by atoms with van der Waals surface area (Å²) >= 11 is 3.22. The van der Waals surface area contributed by atoms with Crippen LogP contribution < -0.4 is 5.73 Å². The van der Waals surface area contributed by atoms with Crippen LogP contribution in [0.1, 0.15) is 18.4 Å². The molecule has 1 aliphatic rings. The second kappa shape index (κ2) is 3.75. The third-order valence-corrected chi connectivity index (χ3v) is 3.96. The Balaban J connectivity index is 2.49. The predicted molar refractivity (Wildman–Crippen MR) is 62.3 cm³/mol. The van der Waals surface area contributed by atoms with Gasteiger partial charge >= 0.3 is 5.97 Å². The van der Waals surface area contributed by atoms with Gasteiger partial charge in [-0.05, 0) is 40.4 Å². The molecule has 1 aromatic carbocycles. The molecule has 1 saturated carbocycles. The molecule has 0 atom stereocenters. The van der Waals surface area contributed by atoms with Crippen LogP contribution in [-0.2, 0) is 10.2 Å². The average Bonchev–Trinajstić information content (AvgIpc) is 2.17. The Morgan fingerprint density at radius 1 is 1.50 bits per heavy atom. The topological polar surface area (TPSA) is 83.6 Å². The first kappa shape index (κ1) is 11.4. The van der Waals surface area contributed by atoms with Crippen molar-refractivity contribution >= 4 is 21.9 Å². The number of carboxylic acids is 1. The fraction of sp³-hybridized carbons (Fsp3) is 0.364. The second-order valence-corrected chi connectivity index (χ2v) is 4.99. The van der Waals surface area contributed by atoms with Gasteiger partial charge in [0.1, 0.15) is 5.75 Å². The molecule has 0 aliphatic heterocycles. The number of carboxylic acid groups (broad SMARTS) is 1. The van der Waals surface area contributed by atoms with Crippen molar-refractivity contribution in [1.82, 2.24) is 0 Å². The molecule has 0 amide bonds. The van der Waals surface area contributed by atoms with E-state index in [4.69, 9.17) is 5.73 Å². The zero-order valence-corrected chi connectivity index (χ0v) is 10.1. The van der Waals surface area contributed by atoms with E-state index in [0.29, 0.717) is 22.9 Å². The summed E-state index contributed by atoms with van der Waals surface area (Å²) in [6.07, 6.45) is 0.814. The Morgan fingerprint density at radius 2 is 2.12 bits per heavy atom. The van der Waals surface area contributed by atoms with Crippen molar-refractivity contribution < 1.29 is 15.0 Å². The highest BCUT2D eigenvalue weighted by Gasteiger charge is 2.51. The van der Waals surface area contributed by atoms with Crippen molar-refractivity contribution in [3.8, 4) is 5.75 Å². The predicted octanol–water partition coefficient (Wildman–Crippen LogP) is 1.60. The standard InChI is InChI=1S/C11H12BrNO3/c12-9-7(2-1-3-8(9)14)11(10(15)16)4-6(13)5-11/h1-3,6,14H,4-5,13H2,(H,15,16). The summed E-state index contributed by atoms with van der Waals surface area (Å²) in [4.78, 5) is 11.4. The Bertz CT molecular complexity index is 441. The van der Waals surface area contributed by atoms with Crippen LogP contribution in [0.4, 0.5) is 0 Å². The Hall–Kier alpha value is -1.07. The number of aliphatic carboxylic acids is 1. The van der Waals surface area contributed by atoms with Gasteiger partial charge in [0.05, 0.1) is 9.89 Å². The van der Waals surface area contributed by atoms with Gasteiger partial charge in [0.25, 0.3) is 0 Å². The van der Waals surface area contributed by atoms with Crippen LogP contribution >= 0.6 is 15.9 Å². The summed E-state index contributed by atoms with van der Waals surface area (Å²) < 4.78 is 0.448. The van der Waals surface area contributed by atoms with Gasteiger partial charge in [-0.25, -0.2) is 0 Å². The quantitative estimate of drug-likeness (QED) is 0.771. The summed E-state index contributed by atoms with van der Waals surface area (Å²) in [5.41, 5.74) is 5.33. The molecule has 5 heteroatoms. The maximum Gasteiger partial charge on any atom is 0.314 e. The van der Waals surface area contributed by atoms with Gasteiger partial charge in [-0.15, -0.1) is 0 Å². The molecule has 86 valence electrons. The molecule has 1 aromatic rings. The van der Waals surface area contributed by atoms with Gasteiger partial charge < -0.3 is 15.9 Å². The summed E-state index contributed by atoms with van der Waals surface area (Å²) in [5.74, 6) is -0.834. The minimum Gasteiger partial charge on any atom is -0.507 e. The maximum absolute atomic E-state index is 11.4. The number of hydrogen-bond acceptors (Lipinski definition) is 3. The molecular formula is C11H12BrNO3. The fourth-order valence-electron chi connectivity index (χ4n) is 2.23. The third kappa shape index (κ3) is 1.51. The number of nitrogens with two attached hydrogens (primary N) is 1. The lowest BCUT2D eigenvalue weighted by atomic mass is 9.62. The van der Waals surface area contributed by atoms with Crippen molar-refractivity contribution in [2.75, 3.05) is 0 Å². The van der Waals surface area contributed by atoms with Crippen LogP contribution in [-0.4, -0.2) is 22.2 Å². The van der Waals surface area contributed by atoms with Crippen molar-refractivity contribution in [2.45, 2.75) is 24.3 Å². The van der Waals surface area contributed by atoms with E-state index < -0.39 is 11.4 Å². The lowest BCUT2D eigenvalue weighted by molar-refractivity contribution is -0.148. The van der Waals surface area contributed by atoms with Crippen molar-refractivity contribution in [1.29, 1.82) is 0 Å². The van der Waals surface area contributed by atoms with Crippen molar-refractivity contribution in [3.63, 3.8) is 0 Å². The Labute approximate surface area is 101 Å². The minimum absolute atomic E-state index is 0.0543. The van der Waals surface area contributed by atoms with Crippen LogP contribution in [0.3, 0.4) is 0 Å². The van der Waals surface area contributed by atoms with Crippen LogP contribution in [0.15, 0.2) is 22.7 Å². The van der Waals surface area contributed by atoms with Gasteiger partial charge in [0.15, 0.2) is 0 Å². The Kier molecular flexibility index (Phi) is 2.67. The lowest BCUT2D eigenvalue weighted by Crippen LogP contribution is -2.54. The molecule has 0 saturated heterocycles. The van der Waals surface area contributed by atoms with Gasteiger partial charge in [-0.3, -0.25) is 4.79 Å². The van der Waals surface area contributed by atoms with Crippen molar-refractivity contribution in [3.05, 3.63) is 28.2 Å². The first-order valence-electron chi connectivity index (χ1n) is 4.94. The van der Waals surface area contributed by atoms with Crippen molar-refractivity contribution in [2.24, 2.45) is 5.73 Å². The largest absolute Gasteiger partial charge is 0.507 e. The molecule has 0 aromatic heterocycles. The molecule has 0 bridgehead atoms. The van der Waals surface area contributed by atoms with E-state index in [2.05, 4.69) is 15.9 Å². The molecule has 0 unspecified atom stereocenters. The van der Waals surface area contributed by atoms with Crippen LogP contribution in [0.25, 0.3) is 0 Å². The highest BCUT2D eigenvalue weighted by atomic mass is 79.9. The zero-order valence-electron chi connectivity index (χ0n) is 8.48. The average molecular weight is 286 g/mol. The number of benzene rings is 1. The molecule has 16 heavy (non-hydrogen) atoms. The number of rotatable bonds is 2. The first-order valence-corrected chi connectivity index (χ1v) is 5.73. The van der Waals surface area contributed by atoms with E-state index in [-0.39, 0.29) is 11.8 Å². The molecule has 0 spiro atoms. The molecular weight excluding hydrogens is 274 g/mol. The number of phenolic OH excluding ortho intramolecular Hbond substituents is 1. The summed E-state index contributed by atoms with van der Waals surface area (Å²) in [6, 6.07) is 4.79. The summed E-state index contributed by atoms with van der Waals surface area (Å²) in [7, 11) is 0. The normalized spacial score (nSPS) is 28.5.